The highest BCUT2D eigenvalue weighted by Gasteiger charge is 2.39. The topological polar surface area (TPSA) is 54.4 Å². The summed E-state index contributed by atoms with van der Waals surface area (Å²) in [5.41, 5.74) is 0.0272. The van der Waals surface area contributed by atoms with E-state index in [1.807, 2.05) is 0 Å². The largest absolute Gasteiger partial charge is 0.387 e. The second-order valence-corrected chi connectivity index (χ2v) is 7.05. The second-order valence-electron chi connectivity index (χ2n) is 4.45. The Morgan fingerprint density at radius 2 is 1.76 bits per heavy atom. The van der Waals surface area contributed by atoms with Crippen LogP contribution < -0.4 is 0 Å². The van der Waals surface area contributed by atoms with Crippen LogP contribution in [0.4, 0.5) is 8.78 Å². The van der Waals surface area contributed by atoms with E-state index >= 15 is 0 Å². The molecule has 0 saturated carbocycles. The first-order valence-electron chi connectivity index (χ1n) is 4.90. The molecule has 1 aromatic rings. The van der Waals surface area contributed by atoms with E-state index in [1.165, 1.54) is 13.8 Å². The standard InChI is InChI=1S/C11H14F2O3S/c1-11(2,17(3,15)16)10(14)7-4-5-8(12)9(13)6-7/h4-6,10,14H,1-3H3. The fourth-order valence-electron chi connectivity index (χ4n) is 1.29. The Hall–Kier alpha value is -1.01. The molecule has 0 fully saturated rings. The van der Waals surface area contributed by atoms with Crippen molar-refractivity contribution in [1.82, 2.24) is 0 Å². The van der Waals surface area contributed by atoms with Crippen molar-refractivity contribution in [1.29, 1.82) is 0 Å². The van der Waals surface area contributed by atoms with Gasteiger partial charge in [-0.1, -0.05) is 6.07 Å². The molecule has 0 spiro atoms. The maximum atomic E-state index is 13.0. The summed E-state index contributed by atoms with van der Waals surface area (Å²) >= 11 is 0. The molecule has 0 saturated heterocycles. The van der Waals surface area contributed by atoms with Gasteiger partial charge in [-0.25, -0.2) is 17.2 Å². The van der Waals surface area contributed by atoms with E-state index < -0.39 is 32.3 Å². The zero-order valence-electron chi connectivity index (χ0n) is 9.74. The van der Waals surface area contributed by atoms with Crippen LogP contribution in [0, 0.1) is 11.6 Å². The van der Waals surface area contributed by atoms with Crippen LogP contribution in [0.5, 0.6) is 0 Å². The van der Waals surface area contributed by atoms with Crippen LogP contribution in [0.3, 0.4) is 0 Å². The molecule has 1 atom stereocenters. The lowest BCUT2D eigenvalue weighted by Gasteiger charge is -2.28. The van der Waals surface area contributed by atoms with Crippen LogP contribution >= 0.6 is 0 Å². The lowest BCUT2D eigenvalue weighted by Crippen LogP contribution is -2.37. The molecule has 0 amide bonds. The number of aliphatic hydroxyl groups is 1. The quantitative estimate of drug-likeness (QED) is 0.906. The van der Waals surface area contributed by atoms with Crippen molar-refractivity contribution in [3.63, 3.8) is 0 Å². The molecule has 0 aliphatic carbocycles. The first-order valence-corrected chi connectivity index (χ1v) is 6.79. The molecule has 0 heterocycles. The minimum Gasteiger partial charge on any atom is -0.387 e. The van der Waals surface area contributed by atoms with Crippen molar-refractivity contribution in [3.05, 3.63) is 35.4 Å². The van der Waals surface area contributed by atoms with Gasteiger partial charge in [0, 0.05) is 6.26 Å². The van der Waals surface area contributed by atoms with Gasteiger partial charge in [-0.3, -0.25) is 0 Å². The Bertz CT molecular complexity index is 524. The maximum Gasteiger partial charge on any atom is 0.159 e. The fourth-order valence-corrected chi connectivity index (χ4v) is 1.83. The molecule has 1 N–H and O–H groups in total. The third kappa shape index (κ3) is 2.63. The van der Waals surface area contributed by atoms with Gasteiger partial charge >= 0.3 is 0 Å². The molecule has 1 aromatic carbocycles. The monoisotopic (exact) mass is 264 g/mol. The summed E-state index contributed by atoms with van der Waals surface area (Å²) in [4.78, 5) is 0. The first kappa shape index (κ1) is 14.1. The normalized spacial score (nSPS) is 14.7. The molecule has 0 aromatic heterocycles. The summed E-state index contributed by atoms with van der Waals surface area (Å²) in [5, 5.41) is 9.93. The van der Waals surface area contributed by atoms with Crippen molar-refractivity contribution in [2.45, 2.75) is 24.7 Å². The van der Waals surface area contributed by atoms with Crippen LogP contribution in [0.2, 0.25) is 0 Å². The number of sulfone groups is 1. The van der Waals surface area contributed by atoms with E-state index in [4.69, 9.17) is 0 Å². The number of aliphatic hydroxyl groups excluding tert-OH is 1. The third-order valence-electron chi connectivity index (χ3n) is 2.87. The number of rotatable bonds is 3. The number of hydrogen-bond acceptors (Lipinski definition) is 3. The van der Waals surface area contributed by atoms with Gasteiger partial charge in [-0.05, 0) is 31.5 Å². The van der Waals surface area contributed by atoms with Gasteiger partial charge in [0.15, 0.2) is 21.5 Å². The Labute approximate surface area is 99.0 Å². The Morgan fingerprint density at radius 3 is 2.18 bits per heavy atom. The van der Waals surface area contributed by atoms with Crippen molar-refractivity contribution in [2.75, 3.05) is 6.26 Å². The van der Waals surface area contributed by atoms with Gasteiger partial charge in [-0.2, -0.15) is 0 Å². The van der Waals surface area contributed by atoms with Crippen LogP contribution in [0.25, 0.3) is 0 Å². The molecule has 0 aliphatic rings. The molecule has 1 unspecified atom stereocenters. The van der Waals surface area contributed by atoms with Crippen molar-refractivity contribution >= 4 is 9.84 Å². The van der Waals surface area contributed by atoms with Gasteiger partial charge in [-0.15, -0.1) is 0 Å². The van der Waals surface area contributed by atoms with Crippen molar-refractivity contribution in [3.8, 4) is 0 Å². The molecular weight excluding hydrogens is 250 g/mol. The van der Waals surface area contributed by atoms with Gasteiger partial charge in [0.1, 0.15) is 0 Å². The summed E-state index contributed by atoms with van der Waals surface area (Å²) in [6.07, 6.45) is -0.441. The number of hydrogen-bond donors (Lipinski definition) is 1. The van der Waals surface area contributed by atoms with Gasteiger partial charge in [0.05, 0.1) is 10.9 Å². The number of benzene rings is 1. The average Bonchev–Trinajstić information content (AvgIpc) is 2.19. The first-order chi connectivity index (χ1) is 7.57. The van der Waals surface area contributed by atoms with E-state index in [2.05, 4.69) is 0 Å². The highest BCUT2D eigenvalue weighted by atomic mass is 32.2. The highest BCUT2D eigenvalue weighted by molar-refractivity contribution is 7.92. The molecule has 0 bridgehead atoms. The molecule has 0 radical (unpaired) electrons. The van der Waals surface area contributed by atoms with E-state index in [9.17, 15) is 22.3 Å². The van der Waals surface area contributed by atoms with Gasteiger partial charge < -0.3 is 5.11 Å². The zero-order chi connectivity index (χ0) is 13.4. The molecule has 0 aliphatic heterocycles. The van der Waals surface area contributed by atoms with E-state index in [1.54, 1.807) is 0 Å². The SMILES string of the molecule is CC(C)(C(O)c1ccc(F)c(F)c1)S(C)(=O)=O. The minimum absolute atomic E-state index is 0.0272. The predicted octanol–water partition coefficient (Wildman–Crippen LogP) is 1.82. The smallest absolute Gasteiger partial charge is 0.159 e. The molecule has 17 heavy (non-hydrogen) atoms. The third-order valence-corrected chi connectivity index (χ3v) is 5.01. The number of halogens is 2. The van der Waals surface area contributed by atoms with Gasteiger partial charge in [0.2, 0.25) is 0 Å². The van der Waals surface area contributed by atoms with Gasteiger partial charge in [0.25, 0.3) is 0 Å². The van der Waals surface area contributed by atoms with Crippen LogP contribution in [0.15, 0.2) is 18.2 Å². The van der Waals surface area contributed by atoms with E-state index in [0.717, 1.165) is 24.5 Å². The highest BCUT2D eigenvalue weighted by Crippen LogP contribution is 2.32. The Balaban J connectivity index is 3.21. The molecule has 3 nitrogen and oxygen atoms in total. The summed E-state index contributed by atoms with van der Waals surface area (Å²) in [5.74, 6) is -2.16. The molecule has 96 valence electrons. The lowest BCUT2D eigenvalue weighted by atomic mass is 9.98. The molecular formula is C11H14F2O3S. The van der Waals surface area contributed by atoms with Crippen molar-refractivity contribution < 1.29 is 22.3 Å². The van der Waals surface area contributed by atoms with Crippen LogP contribution in [-0.4, -0.2) is 24.5 Å². The zero-order valence-corrected chi connectivity index (χ0v) is 10.6. The van der Waals surface area contributed by atoms with E-state index in [-0.39, 0.29) is 5.56 Å². The second kappa shape index (κ2) is 4.34. The predicted molar refractivity (Wildman–Crippen MR) is 60.2 cm³/mol. The van der Waals surface area contributed by atoms with Crippen LogP contribution in [0.1, 0.15) is 25.5 Å². The molecule has 1 rings (SSSR count). The maximum absolute atomic E-state index is 13.0. The molecule has 6 heteroatoms. The lowest BCUT2D eigenvalue weighted by molar-refractivity contribution is 0.139. The Kier molecular flexibility index (Phi) is 3.59. The minimum atomic E-state index is -3.54. The summed E-state index contributed by atoms with van der Waals surface area (Å²) in [7, 11) is -3.54. The summed E-state index contributed by atoms with van der Waals surface area (Å²) in [6, 6.07) is 2.81. The fraction of sp³-hybridized carbons (Fsp3) is 0.455. The summed E-state index contributed by atoms with van der Waals surface area (Å²) < 4.78 is 47.2. The average molecular weight is 264 g/mol. The summed E-state index contributed by atoms with van der Waals surface area (Å²) in [6.45, 7) is 2.66. The van der Waals surface area contributed by atoms with E-state index in [0.29, 0.717) is 0 Å². The Morgan fingerprint density at radius 1 is 1.24 bits per heavy atom. The van der Waals surface area contributed by atoms with Crippen LogP contribution in [-0.2, 0) is 9.84 Å². The van der Waals surface area contributed by atoms with Crippen molar-refractivity contribution in [2.24, 2.45) is 0 Å².